The first-order valence-corrected chi connectivity index (χ1v) is 32.6. The Hall–Kier alpha value is -8.88. The number of halogens is 1. The number of nitrogens with one attached hydrogen (secondary N) is 6. The summed E-state index contributed by atoms with van der Waals surface area (Å²) < 4.78 is 13.8. The second-order valence-corrected chi connectivity index (χ2v) is 24.8. The van der Waals surface area contributed by atoms with E-state index < -0.39 is 120 Å². The largest absolute Gasteiger partial charge is 0.508 e. The lowest BCUT2D eigenvalue weighted by molar-refractivity contribution is -0.166. The van der Waals surface area contributed by atoms with Crippen LogP contribution in [0.2, 0.25) is 0 Å². The van der Waals surface area contributed by atoms with Gasteiger partial charge in [-0.1, -0.05) is 101 Å². The van der Waals surface area contributed by atoms with Gasteiger partial charge in [0, 0.05) is 44.4 Å². The van der Waals surface area contributed by atoms with Gasteiger partial charge in [0.25, 0.3) is 35.4 Å². The number of amides is 10. The summed E-state index contributed by atoms with van der Waals surface area (Å²) in [6.07, 6.45) is 4.93. The van der Waals surface area contributed by atoms with E-state index in [2.05, 4.69) is 36.9 Å². The quantitative estimate of drug-likeness (QED) is 0.0259. The average molecular weight is 1310 g/mol. The number of benzene rings is 4. The van der Waals surface area contributed by atoms with E-state index >= 15 is 24.0 Å². The van der Waals surface area contributed by atoms with Crippen LogP contribution in [0.4, 0.5) is 4.39 Å². The van der Waals surface area contributed by atoms with Gasteiger partial charge in [0.05, 0.1) is 30.3 Å². The second-order valence-electron chi connectivity index (χ2n) is 24.8. The minimum Gasteiger partial charge on any atom is -0.508 e. The van der Waals surface area contributed by atoms with Crippen LogP contribution in [0.15, 0.2) is 116 Å². The molecule has 1 aliphatic heterocycles. The molecule has 0 spiro atoms. The lowest BCUT2D eigenvalue weighted by Crippen LogP contribution is -2.66. The zero-order valence-electron chi connectivity index (χ0n) is 55.1. The van der Waals surface area contributed by atoms with Gasteiger partial charge in [0.1, 0.15) is 41.8 Å². The molecule has 24 nitrogen and oxygen atoms in total. The number of rotatable bonds is 35. The van der Waals surface area contributed by atoms with Crippen LogP contribution in [0.1, 0.15) is 126 Å². The van der Waals surface area contributed by atoms with Gasteiger partial charge in [-0.3, -0.25) is 57.8 Å². The highest BCUT2D eigenvalue weighted by Crippen LogP contribution is 2.26. The molecule has 10 amide bonds. The van der Waals surface area contributed by atoms with Crippen molar-refractivity contribution >= 4 is 69.8 Å². The van der Waals surface area contributed by atoms with Crippen molar-refractivity contribution in [1.29, 1.82) is 0 Å². The summed E-state index contributed by atoms with van der Waals surface area (Å²) in [6, 6.07) is 14.9. The van der Waals surface area contributed by atoms with Crippen LogP contribution in [0.25, 0.3) is 10.8 Å². The number of hydrogen-bond donors (Lipinski definition) is 10. The number of carbonyl (C=O) groups excluding carboxylic acids is 10. The Morgan fingerprint density at radius 3 is 2.00 bits per heavy atom. The zero-order valence-corrected chi connectivity index (χ0v) is 55.1. The number of fused-ring (bicyclic) bond motifs is 1. The fraction of sp³-hybridized carbons (Fsp3) is 0.471. The number of aliphatic hydroxyl groups excluding tert-OH is 1. The van der Waals surface area contributed by atoms with Gasteiger partial charge in [-0.05, 0) is 155 Å². The molecule has 8 atom stereocenters. The number of nitrogens with zero attached hydrogens (tertiary/aromatic N) is 4. The predicted octanol–water partition coefficient (Wildman–Crippen LogP) is 3.62. The van der Waals surface area contributed by atoms with E-state index in [4.69, 9.17) is 11.5 Å². The Morgan fingerprint density at radius 1 is 0.684 bits per heavy atom. The Labute approximate surface area is 554 Å². The first-order chi connectivity index (χ1) is 45.4. The summed E-state index contributed by atoms with van der Waals surface area (Å²) in [4.78, 5) is 154. The maximum atomic E-state index is 15.8. The molecule has 5 aromatic rings. The maximum Gasteiger partial charge on any atom is 0.259 e. The number of hydrogen-bond acceptors (Lipinski definition) is 17. The molecule has 0 radical (unpaired) electrons. The van der Waals surface area contributed by atoms with Gasteiger partial charge in [-0.15, -0.1) is 0 Å². The van der Waals surface area contributed by atoms with Crippen LogP contribution in [-0.4, -0.2) is 177 Å². The van der Waals surface area contributed by atoms with Gasteiger partial charge in [-0.25, -0.2) is 9.29 Å². The third kappa shape index (κ3) is 22.1. The molecule has 1 aliphatic rings. The molecule has 1 saturated heterocycles. The molecule has 0 bridgehead atoms. The molecule has 25 heteroatoms. The zero-order chi connectivity index (χ0) is 69.3. The van der Waals surface area contributed by atoms with E-state index in [1.54, 1.807) is 44.2 Å². The second kappa shape index (κ2) is 37.3. The molecular weight excluding hydrogens is 1220 g/mol. The number of unbranched alkanes of at least 4 members (excludes halogenated alkanes) is 2. The summed E-state index contributed by atoms with van der Waals surface area (Å²) in [5.74, 6) is -10.8. The highest BCUT2D eigenvalue weighted by atomic mass is 19.1. The summed E-state index contributed by atoms with van der Waals surface area (Å²) in [7, 11) is 1.39. The average Bonchev–Trinajstić information content (AvgIpc) is 1.73. The standard InChI is InChI=1S/C70H93FN12O12/c1-43(2)38-58(79-63(88)54(72)21-9-12-36-77-62(87)50-19-14-34-75-41-50)68(93)83(67(92)57(74-6)39-47-26-31-52(85)32-27-47)65(90)45(5)82(70(95)60-23-15-37-81(60)66(91)55(73)22-10-11-35-76-44(3)4)69(94)59(42-84)80-64(89)56(40-49-18-13-17-48-16-7-8-20-53(48)49)78-61(86)33-28-46-24-29-51(71)30-25-46/h7-8,13-14,16-20,24-27,29-32,34,41,43-45,54-60,74,76,84-85H,9-12,15,21-23,28,33,35-40,42,72-73H2,1-6H3,(H,77,87)(H,78,86)(H,79,88)(H,80,89)/t45-,54-,55+,56-,57+,58+,59+,60+/m1/s1. The van der Waals surface area contributed by atoms with Crippen molar-refractivity contribution < 1.29 is 62.5 Å². The smallest absolute Gasteiger partial charge is 0.259 e. The highest BCUT2D eigenvalue weighted by Gasteiger charge is 2.48. The number of phenolic OH excluding ortho intramolecular Hbond substituents is 1. The number of carbonyl (C=O) groups is 10. The van der Waals surface area contributed by atoms with Gasteiger partial charge in [0.15, 0.2) is 0 Å². The molecule has 6 rings (SSSR count). The molecule has 512 valence electrons. The number of aromatic hydroxyl groups is 1. The van der Waals surface area contributed by atoms with Crippen molar-refractivity contribution in [2.45, 2.75) is 172 Å². The number of aromatic nitrogens is 1. The van der Waals surface area contributed by atoms with Gasteiger partial charge < -0.3 is 58.5 Å². The van der Waals surface area contributed by atoms with E-state index in [0.717, 1.165) is 17.7 Å². The van der Waals surface area contributed by atoms with E-state index in [1.165, 1.54) is 72.9 Å². The van der Waals surface area contributed by atoms with Crippen molar-refractivity contribution in [3.63, 3.8) is 0 Å². The van der Waals surface area contributed by atoms with Crippen molar-refractivity contribution in [1.82, 2.24) is 51.6 Å². The minimum atomic E-state index is -2.16. The lowest BCUT2D eigenvalue weighted by atomic mass is 9.97. The first-order valence-electron chi connectivity index (χ1n) is 32.6. The van der Waals surface area contributed by atoms with Gasteiger partial charge in [0.2, 0.25) is 23.6 Å². The molecular formula is C70H93FN12O12. The fourth-order valence-corrected chi connectivity index (χ4v) is 11.4. The van der Waals surface area contributed by atoms with Gasteiger partial charge >= 0.3 is 0 Å². The number of likely N-dealkylation sites (tertiary alicyclic amines) is 1. The summed E-state index contributed by atoms with van der Waals surface area (Å²) in [5, 5.41) is 39.8. The molecule has 1 fully saturated rings. The lowest BCUT2D eigenvalue weighted by Gasteiger charge is -2.37. The van der Waals surface area contributed by atoms with Crippen LogP contribution < -0.4 is 43.4 Å². The Bertz CT molecular complexity index is 3410. The Kier molecular flexibility index (Phi) is 29.5. The molecule has 0 saturated carbocycles. The molecule has 2 heterocycles. The number of aliphatic hydroxyl groups is 1. The SMILES string of the molecule is CN[C@@H](Cc1ccc(O)cc1)C(=O)N(C(=O)[C@H](CC(C)C)NC(=O)[C@H](N)CCCCNC(=O)c1cccnc1)C(=O)[C@@H](C)N(C(=O)[C@H](CO)NC(=O)[C@@H](Cc1cccc2ccccc12)NC(=O)CCc1ccc(F)cc1)C(=O)[C@@H]1CCCN1C(=O)[C@@H](N)CCCCNC(C)C. The van der Waals surface area contributed by atoms with E-state index in [9.17, 15) is 38.6 Å². The summed E-state index contributed by atoms with van der Waals surface area (Å²) in [6.45, 7) is 8.21. The Balaban J connectivity index is 1.37. The molecule has 12 N–H and O–H groups in total. The predicted molar refractivity (Wildman–Crippen MR) is 356 cm³/mol. The summed E-state index contributed by atoms with van der Waals surface area (Å²) in [5.41, 5.74) is 15.0. The molecule has 4 aromatic carbocycles. The fourth-order valence-electron chi connectivity index (χ4n) is 11.4. The Morgan fingerprint density at radius 2 is 1.34 bits per heavy atom. The van der Waals surface area contributed by atoms with Crippen LogP contribution in [0, 0.1) is 11.7 Å². The van der Waals surface area contributed by atoms with E-state index in [1.807, 2.05) is 38.1 Å². The molecule has 0 aliphatic carbocycles. The van der Waals surface area contributed by atoms with E-state index in [-0.39, 0.29) is 93.5 Å². The van der Waals surface area contributed by atoms with Crippen molar-refractivity contribution in [3.8, 4) is 5.75 Å². The third-order valence-corrected chi connectivity index (χ3v) is 16.7. The number of aryl methyl sites for hydroxylation is 1. The summed E-state index contributed by atoms with van der Waals surface area (Å²) >= 11 is 0. The van der Waals surface area contributed by atoms with Crippen LogP contribution >= 0.6 is 0 Å². The topological polar surface area (TPSA) is 358 Å². The monoisotopic (exact) mass is 1310 g/mol. The number of pyridine rings is 1. The first kappa shape index (κ1) is 75.2. The third-order valence-electron chi connectivity index (χ3n) is 16.7. The van der Waals surface area contributed by atoms with E-state index in [0.29, 0.717) is 59.4 Å². The number of phenols is 1. The highest BCUT2D eigenvalue weighted by molar-refractivity contribution is 6.17. The van der Waals surface area contributed by atoms with Crippen LogP contribution in [-0.2, 0) is 62.4 Å². The number of imide groups is 4. The van der Waals surface area contributed by atoms with Crippen molar-refractivity contribution in [3.05, 3.63) is 144 Å². The molecule has 1 aromatic heterocycles. The maximum absolute atomic E-state index is 15.8. The van der Waals surface area contributed by atoms with Crippen LogP contribution in [0.5, 0.6) is 5.75 Å². The van der Waals surface area contributed by atoms with Crippen LogP contribution in [0.3, 0.4) is 0 Å². The van der Waals surface area contributed by atoms with Crippen molar-refractivity contribution in [2.75, 3.05) is 33.3 Å². The number of likely N-dealkylation sites (N-methyl/N-ethyl adjacent to an activating group) is 1. The van der Waals surface area contributed by atoms with Crippen molar-refractivity contribution in [2.24, 2.45) is 17.4 Å². The molecule has 0 unspecified atom stereocenters. The van der Waals surface area contributed by atoms with Gasteiger partial charge in [-0.2, -0.15) is 0 Å². The number of nitrogens with two attached hydrogens (primary N) is 2. The molecule has 95 heavy (non-hydrogen) atoms. The normalized spacial score (nSPS) is 15.2. The minimum absolute atomic E-state index is 0.00470.